The minimum absolute atomic E-state index is 0.335. The lowest BCUT2D eigenvalue weighted by Crippen LogP contribution is -2.10. The molecule has 0 saturated heterocycles. The zero-order valence-electron chi connectivity index (χ0n) is 22.3. The maximum atomic E-state index is 9.32. The molecule has 6 heteroatoms. The molecule has 0 aromatic heterocycles. The number of ether oxygens (including phenoxy) is 4. The molecule has 6 nitrogen and oxygen atoms in total. The molecule has 0 spiro atoms. The first-order chi connectivity index (χ1) is 18.5. The van der Waals surface area contributed by atoms with E-state index >= 15 is 0 Å². The topological polar surface area (TPSA) is 77.4 Å². The van der Waals surface area contributed by atoms with E-state index in [2.05, 4.69) is 48.5 Å². The van der Waals surface area contributed by atoms with Gasteiger partial charge < -0.3 is 29.2 Å². The van der Waals surface area contributed by atoms with Crippen LogP contribution in [-0.4, -0.2) is 48.8 Å². The summed E-state index contributed by atoms with van der Waals surface area (Å²) in [6, 6.07) is 24.7. The van der Waals surface area contributed by atoms with Gasteiger partial charge in [0.05, 0.1) is 51.8 Å². The molecule has 0 aliphatic heterocycles. The Morgan fingerprint density at radius 1 is 0.553 bits per heavy atom. The fourth-order valence-corrected chi connectivity index (χ4v) is 4.18. The number of fused-ring (bicyclic) bond motifs is 2. The minimum atomic E-state index is -0.455. The monoisotopic (exact) mass is 518 g/mol. The van der Waals surface area contributed by atoms with Crippen molar-refractivity contribution in [1.29, 1.82) is 0 Å². The van der Waals surface area contributed by atoms with E-state index in [4.69, 9.17) is 18.9 Å². The van der Waals surface area contributed by atoms with Gasteiger partial charge in [0.1, 0.15) is 11.5 Å². The lowest BCUT2D eigenvalue weighted by Gasteiger charge is -2.11. The van der Waals surface area contributed by atoms with Crippen molar-refractivity contribution in [3.05, 3.63) is 83.9 Å². The minimum Gasteiger partial charge on any atom is -0.494 e. The van der Waals surface area contributed by atoms with Crippen LogP contribution in [0.5, 0.6) is 11.5 Å². The first-order valence-corrected chi connectivity index (χ1v) is 13.3. The Morgan fingerprint density at radius 3 is 1.37 bits per heavy atom. The molecule has 38 heavy (non-hydrogen) atoms. The second-order valence-corrected chi connectivity index (χ2v) is 9.82. The Hall–Kier alpha value is -3.16. The van der Waals surface area contributed by atoms with E-state index in [-0.39, 0.29) is 0 Å². The zero-order chi connectivity index (χ0) is 26.7. The van der Waals surface area contributed by atoms with Gasteiger partial charge in [0, 0.05) is 0 Å². The van der Waals surface area contributed by atoms with Crippen molar-refractivity contribution in [2.75, 3.05) is 26.4 Å². The van der Waals surface area contributed by atoms with Crippen LogP contribution in [0.2, 0.25) is 0 Å². The average molecular weight is 519 g/mol. The highest BCUT2D eigenvalue weighted by Crippen LogP contribution is 2.24. The summed E-state index contributed by atoms with van der Waals surface area (Å²) in [5, 5.41) is 23.2. The molecule has 2 unspecified atom stereocenters. The lowest BCUT2D eigenvalue weighted by molar-refractivity contribution is 0.0376. The SMILES string of the molecule is CC(O)COCc1ccc2cc(OCCCCOc3ccc4cc(COCC(C)O)ccc4c3)ccc2c1. The molecule has 0 heterocycles. The van der Waals surface area contributed by atoms with Crippen molar-refractivity contribution >= 4 is 21.5 Å². The van der Waals surface area contributed by atoms with Gasteiger partial charge in [-0.15, -0.1) is 0 Å². The van der Waals surface area contributed by atoms with Crippen LogP contribution in [0.25, 0.3) is 21.5 Å². The first kappa shape index (κ1) is 27.9. The van der Waals surface area contributed by atoms with Crippen molar-refractivity contribution in [3.63, 3.8) is 0 Å². The largest absolute Gasteiger partial charge is 0.494 e. The van der Waals surface area contributed by atoms with Crippen LogP contribution in [0.4, 0.5) is 0 Å². The molecule has 4 rings (SSSR count). The highest BCUT2D eigenvalue weighted by atomic mass is 16.5. The average Bonchev–Trinajstić information content (AvgIpc) is 2.90. The van der Waals surface area contributed by atoms with Gasteiger partial charge in [-0.2, -0.15) is 0 Å². The smallest absolute Gasteiger partial charge is 0.119 e. The Kier molecular flexibility index (Phi) is 10.4. The van der Waals surface area contributed by atoms with Gasteiger partial charge in [-0.25, -0.2) is 0 Å². The maximum absolute atomic E-state index is 9.32. The number of hydrogen-bond acceptors (Lipinski definition) is 6. The molecule has 0 bridgehead atoms. The second kappa shape index (κ2) is 14.1. The molecule has 0 saturated carbocycles. The molecule has 4 aromatic carbocycles. The fourth-order valence-electron chi connectivity index (χ4n) is 4.18. The Morgan fingerprint density at radius 2 is 0.947 bits per heavy atom. The van der Waals surface area contributed by atoms with Crippen LogP contribution in [0.3, 0.4) is 0 Å². The highest BCUT2D eigenvalue weighted by Gasteiger charge is 2.04. The Bertz CT molecular complexity index is 1200. The van der Waals surface area contributed by atoms with Crippen LogP contribution >= 0.6 is 0 Å². The summed E-state index contributed by atoms with van der Waals surface area (Å²) in [6.45, 7) is 6.36. The van der Waals surface area contributed by atoms with E-state index in [0.29, 0.717) is 39.6 Å². The van der Waals surface area contributed by atoms with E-state index in [1.54, 1.807) is 13.8 Å². The van der Waals surface area contributed by atoms with Gasteiger partial charge in [-0.1, -0.05) is 36.4 Å². The number of rotatable bonds is 15. The third-order valence-electron chi connectivity index (χ3n) is 6.08. The van der Waals surface area contributed by atoms with Crippen LogP contribution in [0.15, 0.2) is 72.8 Å². The van der Waals surface area contributed by atoms with E-state index in [0.717, 1.165) is 57.0 Å². The molecule has 0 aliphatic carbocycles. The van der Waals surface area contributed by atoms with Crippen molar-refractivity contribution in [2.24, 2.45) is 0 Å². The van der Waals surface area contributed by atoms with Crippen molar-refractivity contribution in [3.8, 4) is 11.5 Å². The molecule has 0 aliphatic rings. The molecule has 4 aromatic rings. The molecule has 0 radical (unpaired) electrons. The summed E-state index contributed by atoms with van der Waals surface area (Å²) >= 11 is 0. The van der Waals surface area contributed by atoms with Gasteiger partial charge in [0.15, 0.2) is 0 Å². The predicted molar refractivity (Wildman–Crippen MR) is 151 cm³/mol. The van der Waals surface area contributed by atoms with Crippen LogP contribution in [-0.2, 0) is 22.7 Å². The number of benzene rings is 4. The predicted octanol–water partition coefficient (Wildman–Crippen LogP) is 6.03. The Labute approximate surface area is 224 Å². The fraction of sp³-hybridized carbons (Fsp3) is 0.375. The molecular weight excluding hydrogens is 480 g/mol. The summed E-state index contributed by atoms with van der Waals surface area (Å²) in [7, 11) is 0. The molecule has 202 valence electrons. The van der Waals surface area contributed by atoms with Crippen molar-refractivity contribution in [1.82, 2.24) is 0 Å². The quantitative estimate of drug-likeness (QED) is 0.187. The lowest BCUT2D eigenvalue weighted by atomic mass is 10.1. The highest BCUT2D eigenvalue weighted by molar-refractivity contribution is 5.85. The van der Waals surface area contributed by atoms with Crippen LogP contribution in [0.1, 0.15) is 37.8 Å². The molecule has 0 amide bonds. The second-order valence-electron chi connectivity index (χ2n) is 9.82. The Balaban J connectivity index is 1.17. The van der Waals surface area contributed by atoms with Gasteiger partial charge in [-0.3, -0.25) is 0 Å². The van der Waals surface area contributed by atoms with Gasteiger partial charge in [-0.05, 0) is 95.8 Å². The number of aliphatic hydroxyl groups is 2. The van der Waals surface area contributed by atoms with E-state index in [9.17, 15) is 10.2 Å². The number of aliphatic hydroxyl groups excluding tert-OH is 2. The summed E-state index contributed by atoms with van der Waals surface area (Å²) in [4.78, 5) is 0. The molecule has 2 N–H and O–H groups in total. The van der Waals surface area contributed by atoms with E-state index in [1.807, 2.05) is 24.3 Å². The number of hydrogen-bond donors (Lipinski definition) is 2. The van der Waals surface area contributed by atoms with Gasteiger partial charge in [0.25, 0.3) is 0 Å². The zero-order valence-corrected chi connectivity index (χ0v) is 22.3. The van der Waals surface area contributed by atoms with Crippen LogP contribution in [0, 0.1) is 0 Å². The van der Waals surface area contributed by atoms with Gasteiger partial charge >= 0.3 is 0 Å². The summed E-state index contributed by atoms with van der Waals surface area (Å²) in [5.74, 6) is 1.73. The summed E-state index contributed by atoms with van der Waals surface area (Å²) in [6.07, 6.45) is 0.897. The third-order valence-corrected chi connectivity index (χ3v) is 6.08. The molecule has 2 atom stereocenters. The van der Waals surface area contributed by atoms with E-state index in [1.165, 1.54) is 0 Å². The first-order valence-electron chi connectivity index (χ1n) is 13.3. The standard InChI is InChI=1S/C32H38O6/c1-23(33)19-35-21-25-5-7-29-17-31(11-9-27(29)15-25)37-13-3-4-14-38-32-12-10-28-16-26(6-8-30(28)18-32)22-36-20-24(2)34/h5-12,15-18,23-24,33-34H,3-4,13-14,19-22H2,1-2H3. The normalized spacial score (nSPS) is 13.1. The molecular formula is C32H38O6. The summed E-state index contributed by atoms with van der Waals surface area (Å²) < 4.78 is 23.0. The van der Waals surface area contributed by atoms with Crippen molar-refractivity contribution in [2.45, 2.75) is 52.1 Å². The third kappa shape index (κ3) is 8.71. The number of unbranched alkanes of at least 4 members (excludes halogenated alkanes) is 1. The molecule has 0 fully saturated rings. The van der Waals surface area contributed by atoms with E-state index < -0.39 is 12.2 Å². The van der Waals surface area contributed by atoms with Crippen LogP contribution < -0.4 is 9.47 Å². The maximum Gasteiger partial charge on any atom is 0.119 e. The van der Waals surface area contributed by atoms with Crippen molar-refractivity contribution < 1.29 is 29.2 Å². The van der Waals surface area contributed by atoms with Gasteiger partial charge in [0.2, 0.25) is 0 Å². The summed E-state index contributed by atoms with van der Waals surface area (Å²) in [5.41, 5.74) is 2.17.